The molecule has 1 aliphatic carbocycles. The maximum absolute atomic E-state index is 9.25. The monoisotopic (exact) mass is 321 g/mol. The molecular formula is C12H17O6Zn-. The molecular weight excluding hydrogens is 306 g/mol. The molecule has 0 saturated heterocycles. The van der Waals surface area contributed by atoms with Crippen LogP contribution in [0, 0.1) is 6.42 Å². The molecule has 0 aromatic rings. The molecule has 7 heteroatoms. The van der Waals surface area contributed by atoms with Gasteiger partial charge in [-0.25, -0.2) is 27.2 Å². The van der Waals surface area contributed by atoms with Gasteiger partial charge in [-0.05, 0) is 0 Å². The molecule has 1 aliphatic rings. The van der Waals surface area contributed by atoms with Gasteiger partial charge in [-0.1, -0.05) is 19.7 Å². The number of hydrogen-bond donors (Lipinski definition) is 3. The second-order valence-electron chi connectivity index (χ2n) is 2.49. The summed E-state index contributed by atoms with van der Waals surface area (Å²) in [7, 11) is 0. The molecule has 1 rings (SSSR count). The first-order valence-electron chi connectivity index (χ1n) is 4.69. The quantitative estimate of drug-likeness (QED) is 0.414. The summed E-state index contributed by atoms with van der Waals surface area (Å²) in [5.41, 5.74) is 0. The van der Waals surface area contributed by atoms with Crippen LogP contribution < -0.4 is 0 Å². The van der Waals surface area contributed by atoms with Crippen molar-refractivity contribution < 1.29 is 49.2 Å². The summed E-state index contributed by atoms with van der Waals surface area (Å²) >= 11 is 0. The average molecular weight is 323 g/mol. The summed E-state index contributed by atoms with van der Waals surface area (Å²) in [6.07, 6.45) is 7.50. The Labute approximate surface area is 124 Å². The third kappa shape index (κ3) is 120. The van der Waals surface area contributed by atoms with Crippen LogP contribution >= 0.6 is 0 Å². The van der Waals surface area contributed by atoms with E-state index in [1.807, 2.05) is 0 Å². The second kappa shape index (κ2) is 21.5. The number of hydrogen-bond acceptors (Lipinski definition) is 3. The molecule has 19 heavy (non-hydrogen) atoms. The smallest absolute Gasteiger partial charge is 0.327 e. The van der Waals surface area contributed by atoms with Gasteiger partial charge < -0.3 is 21.7 Å². The topological polar surface area (TPSA) is 112 Å². The van der Waals surface area contributed by atoms with E-state index in [1.54, 1.807) is 0 Å². The van der Waals surface area contributed by atoms with Crippen LogP contribution in [0.15, 0.2) is 38.0 Å². The fraction of sp³-hybridized carbons (Fsp3) is 0.167. The molecule has 6 nitrogen and oxygen atoms in total. The van der Waals surface area contributed by atoms with Gasteiger partial charge >= 0.3 is 17.9 Å². The molecule has 0 spiro atoms. The first kappa shape index (κ1) is 25.9. The molecule has 0 heterocycles. The zero-order chi connectivity index (χ0) is 15.0. The van der Waals surface area contributed by atoms with Gasteiger partial charge in [0, 0.05) is 37.7 Å². The summed E-state index contributed by atoms with van der Waals surface area (Å²) in [6.45, 7) is 8.88. The van der Waals surface area contributed by atoms with Gasteiger partial charge in [0.15, 0.2) is 0 Å². The Hall–Kier alpha value is -1.75. The molecule has 0 bridgehead atoms. The van der Waals surface area contributed by atoms with E-state index in [9.17, 15) is 14.4 Å². The zero-order valence-corrected chi connectivity index (χ0v) is 13.6. The van der Waals surface area contributed by atoms with Gasteiger partial charge in [0.25, 0.3) is 0 Å². The summed E-state index contributed by atoms with van der Waals surface area (Å²) in [5, 5.41) is 22.8. The average Bonchev–Trinajstić information content (AvgIpc) is 3.18. The summed E-state index contributed by atoms with van der Waals surface area (Å²) in [5.74, 6) is -2.94. The van der Waals surface area contributed by atoms with E-state index < -0.39 is 17.9 Å². The molecule has 3 N–H and O–H groups in total. The Morgan fingerprint density at radius 3 is 0.895 bits per heavy atom. The SMILES string of the molecule is C=CC(=O)O.C=CC(=O)O.C=CC(=O)O.[CH-]1CC1.[Zn]. The fourth-order valence-corrected chi connectivity index (χ4v) is 0. The van der Waals surface area contributed by atoms with E-state index >= 15 is 0 Å². The maximum atomic E-state index is 9.25. The predicted octanol–water partition coefficient (Wildman–Crippen LogP) is 1.75. The van der Waals surface area contributed by atoms with Gasteiger partial charge in [0.1, 0.15) is 0 Å². The number of carboxylic acids is 3. The van der Waals surface area contributed by atoms with Crippen LogP contribution in [0.25, 0.3) is 0 Å². The van der Waals surface area contributed by atoms with Crippen molar-refractivity contribution in [2.75, 3.05) is 0 Å². The molecule has 0 atom stereocenters. The van der Waals surface area contributed by atoms with Crippen molar-refractivity contribution in [1.29, 1.82) is 0 Å². The van der Waals surface area contributed by atoms with Crippen molar-refractivity contribution in [2.45, 2.75) is 12.8 Å². The first-order valence-corrected chi connectivity index (χ1v) is 4.69. The van der Waals surface area contributed by atoms with Crippen molar-refractivity contribution in [3.8, 4) is 0 Å². The third-order valence-corrected chi connectivity index (χ3v) is 0.813. The van der Waals surface area contributed by atoms with E-state index in [-0.39, 0.29) is 19.5 Å². The Kier molecular flexibility index (Phi) is 29.4. The Morgan fingerprint density at radius 2 is 0.895 bits per heavy atom. The van der Waals surface area contributed by atoms with Crippen LogP contribution in [0.3, 0.4) is 0 Å². The van der Waals surface area contributed by atoms with E-state index in [4.69, 9.17) is 15.3 Å². The fourth-order valence-electron chi connectivity index (χ4n) is 0. The van der Waals surface area contributed by atoms with Crippen molar-refractivity contribution in [3.63, 3.8) is 0 Å². The summed E-state index contributed by atoms with van der Waals surface area (Å²) in [4.78, 5) is 27.8. The van der Waals surface area contributed by atoms with Gasteiger partial charge in [-0.3, -0.25) is 0 Å². The minimum absolute atomic E-state index is 0. The van der Waals surface area contributed by atoms with Crippen molar-refractivity contribution >= 4 is 17.9 Å². The van der Waals surface area contributed by atoms with Crippen molar-refractivity contribution in [3.05, 3.63) is 44.4 Å². The number of carboxylic acid groups (broad SMARTS) is 3. The van der Waals surface area contributed by atoms with Gasteiger partial charge in [0.2, 0.25) is 0 Å². The molecule has 104 valence electrons. The van der Waals surface area contributed by atoms with Crippen LogP contribution in [0.5, 0.6) is 0 Å². The van der Waals surface area contributed by atoms with E-state index in [2.05, 4.69) is 26.2 Å². The Balaban J connectivity index is -0.0000000783. The molecule has 0 amide bonds. The van der Waals surface area contributed by atoms with E-state index in [1.165, 1.54) is 12.8 Å². The molecule has 1 saturated carbocycles. The standard InChI is InChI=1S/3C3H4O2.C3H5.Zn/c3*1-2-3(4)5;1-2-3-1;/h3*2H,1H2,(H,4,5);1H,2-3H2;/q;;;-1;. The molecule has 1 fully saturated rings. The molecule has 0 unspecified atom stereocenters. The molecule has 0 radical (unpaired) electrons. The van der Waals surface area contributed by atoms with Crippen molar-refractivity contribution in [1.82, 2.24) is 0 Å². The third-order valence-electron chi connectivity index (χ3n) is 0.813. The van der Waals surface area contributed by atoms with Gasteiger partial charge in [-0.15, -0.1) is 0 Å². The van der Waals surface area contributed by atoms with Gasteiger partial charge in [-0.2, -0.15) is 0 Å². The van der Waals surface area contributed by atoms with Gasteiger partial charge in [0.05, 0.1) is 0 Å². The number of rotatable bonds is 3. The predicted molar refractivity (Wildman–Crippen MR) is 67.0 cm³/mol. The molecule has 0 aromatic carbocycles. The zero-order valence-electron chi connectivity index (χ0n) is 10.6. The van der Waals surface area contributed by atoms with Crippen LogP contribution in [-0.4, -0.2) is 33.2 Å². The van der Waals surface area contributed by atoms with E-state index in [0.29, 0.717) is 0 Å². The maximum Gasteiger partial charge on any atom is 0.327 e. The first-order chi connectivity index (χ1) is 8.31. The Bertz CT molecular complexity index is 251. The molecule has 0 aliphatic heterocycles. The largest absolute Gasteiger partial charge is 0.478 e. The van der Waals surface area contributed by atoms with Crippen molar-refractivity contribution in [2.24, 2.45) is 0 Å². The second-order valence-corrected chi connectivity index (χ2v) is 2.49. The number of carbonyl (C=O) groups is 3. The van der Waals surface area contributed by atoms with Crippen LogP contribution in [0.4, 0.5) is 0 Å². The summed E-state index contributed by atoms with van der Waals surface area (Å²) in [6, 6.07) is 0. The Morgan fingerprint density at radius 1 is 0.789 bits per heavy atom. The normalized spacial score (nSPS) is 8.84. The number of aliphatic carboxylic acids is 3. The van der Waals surface area contributed by atoms with Crippen LogP contribution in [0.2, 0.25) is 0 Å². The van der Waals surface area contributed by atoms with Crippen LogP contribution in [0.1, 0.15) is 12.8 Å². The minimum Gasteiger partial charge on any atom is -0.478 e. The molecule has 0 aromatic heterocycles. The van der Waals surface area contributed by atoms with Crippen LogP contribution in [-0.2, 0) is 33.9 Å². The summed E-state index contributed by atoms with van der Waals surface area (Å²) < 4.78 is 0. The van der Waals surface area contributed by atoms with E-state index in [0.717, 1.165) is 18.2 Å². The minimum atomic E-state index is -0.981.